The van der Waals surface area contributed by atoms with E-state index in [1.165, 1.54) is 6.42 Å². The fraction of sp³-hybridized carbons (Fsp3) is 0.481. The molecule has 4 rings (SSSR count). The van der Waals surface area contributed by atoms with E-state index >= 15 is 0 Å². The minimum Gasteiger partial charge on any atom is -0.799 e. The summed E-state index contributed by atoms with van der Waals surface area (Å²) in [5, 5.41) is 0. The molecule has 2 fully saturated rings. The normalized spacial score (nSPS) is 25.4. The molecule has 0 saturated heterocycles. The quantitative estimate of drug-likeness (QED) is 0.212. The maximum absolute atomic E-state index is 13.2. The molecule has 184 valence electrons. The summed E-state index contributed by atoms with van der Waals surface area (Å²) in [5.41, 5.74) is 2.06. The van der Waals surface area contributed by atoms with Gasteiger partial charge in [0.05, 0.1) is 4.90 Å². The number of hydrogen-bond acceptors (Lipinski definition) is 4. The zero-order valence-electron chi connectivity index (χ0n) is 20.8. The molecule has 0 aromatic heterocycles. The second-order valence-electron chi connectivity index (χ2n) is 9.74. The van der Waals surface area contributed by atoms with Crippen LogP contribution in [0.2, 0.25) is 0 Å². The van der Waals surface area contributed by atoms with Gasteiger partial charge in [0.25, 0.3) is 0 Å². The fourth-order valence-electron chi connectivity index (χ4n) is 5.62. The van der Waals surface area contributed by atoms with Gasteiger partial charge in [-0.1, -0.05) is 61.5 Å². The molecule has 2 bridgehead atoms. The Labute approximate surface area is 232 Å². The SMILES string of the molecule is CCP(=O)([O-])CCC/C=C\CC1C2CC[C@H](C2)C1NS(=O)(=O)c1ccc(-c2ccccc2)cc1.[Na+]. The Balaban J connectivity index is 0.00000342. The zero-order chi connectivity index (χ0) is 24.2. The van der Waals surface area contributed by atoms with E-state index in [1.54, 1.807) is 19.1 Å². The van der Waals surface area contributed by atoms with Crippen LogP contribution in [-0.4, -0.2) is 26.8 Å². The third kappa shape index (κ3) is 7.41. The summed E-state index contributed by atoms with van der Waals surface area (Å²) in [6.45, 7) is 1.69. The topological polar surface area (TPSA) is 86.3 Å². The Kier molecular flexibility index (Phi) is 10.5. The van der Waals surface area contributed by atoms with Gasteiger partial charge in [-0.15, -0.1) is 0 Å². The Morgan fingerprint density at radius 1 is 1.00 bits per heavy atom. The van der Waals surface area contributed by atoms with E-state index in [9.17, 15) is 17.9 Å². The maximum atomic E-state index is 13.2. The summed E-state index contributed by atoms with van der Waals surface area (Å²) in [4.78, 5) is 12.0. The number of unbranched alkanes of at least 4 members (excludes halogenated alkanes) is 1. The molecule has 5 nitrogen and oxygen atoms in total. The largest absolute Gasteiger partial charge is 1.00 e. The first-order chi connectivity index (χ1) is 16.3. The second kappa shape index (κ2) is 12.7. The van der Waals surface area contributed by atoms with Gasteiger partial charge < -0.3 is 9.46 Å². The molecule has 35 heavy (non-hydrogen) atoms. The molecule has 0 aliphatic heterocycles. The Hall–Kier alpha value is -0.720. The molecule has 2 aliphatic rings. The molecule has 8 heteroatoms. The maximum Gasteiger partial charge on any atom is 1.00 e. The van der Waals surface area contributed by atoms with Gasteiger partial charge >= 0.3 is 29.6 Å². The van der Waals surface area contributed by atoms with E-state index in [-0.39, 0.29) is 47.9 Å². The van der Waals surface area contributed by atoms with Crippen molar-refractivity contribution >= 4 is 17.4 Å². The molecule has 2 aliphatic carbocycles. The smallest absolute Gasteiger partial charge is 0.799 e. The van der Waals surface area contributed by atoms with E-state index in [0.29, 0.717) is 29.1 Å². The molecular weight excluding hydrogens is 488 g/mol. The predicted octanol–water partition coefficient (Wildman–Crippen LogP) is 2.44. The van der Waals surface area contributed by atoms with Crippen LogP contribution in [-0.2, 0) is 14.6 Å². The molecule has 0 heterocycles. The standard InChI is InChI=1S/C27H36NO4PS.Na/c1-2-33(29,30)19-9-4-3-8-12-26-23-13-14-24(20-23)27(26)28-34(31,32)25-17-15-22(16-18-25)21-10-6-5-7-11-21;/h3,5-8,10-11,15-18,23-24,26-28H,2,4,9,12-14,19-20H2,1H3,(H,29,30);/q;+1/p-1/b8-3-;/t23?,24-,26?,27?;/m1./s1. The van der Waals surface area contributed by atoms with Crippen molar-refractivity contribution in [1.82, 2.24) is 4.72 Å². The van der Waals surface area contributed by atoms with Crippen molar-refractivity contribution in [3.63, 3.8) is 0 Å². The first-order valence-electron chi connectivity index (χ1n) is 12.4. The van der Waals surface area contributed by atoms with Crippen molar-refractivity contribution in [1.29, 1.82) is 0 Å². The minimum absolute atomic E-state index is 0. The molecule has 4 unspecified atom stereocenters. The van der Waals surface area contributed by atoms with Gasteiger partial charge in [0.1, 0.15) is 0 Å². The van der Waals surface area contributed by atoms with Crippen molar-refractivity contribution in [2.45, 2.75) is 56.4 Å². The third-order valence-electron chi connectivity index (χ3n) is 7.58. The van der Waals surface area contributed by atoms with Crippen LogP contribution < -0.4 is 39.2 Å². The molecule has 5 atom stereocenters. The number of fused-ring (bicyclic) bond motifs is 2. The molecule has 1 N–H and O–H groups in total. The number of allylic oxidation sites excluding steroid dienone is 2. The van der Waals surface area contributed by atoms with Gasteiger partial charge in [0, 0.05) is 13.4 Å². The van der Waals surface area contributed by atoms with Crippen molar-refractivity contribution < 1.29 is 47.4 Å². The van der Waals surface area contributed by atoms with Crippen LogP contribution >= 0.6 is 7.37 Å². The molecule has 0 amide bonds. The average Bonchev–Trinajstić information content (AvgIpc) is 3.44. The van der Waals surface area contributed by atoms with Crippen LogP contribution in [0.25, 0.3) is 11.1 Å². The Morgan fingerprint density at radius 2 is 1.66 bits per heavy atom. The van der Waals surface area contributed by atoms with E-state index in [4.69, 9.17) is 0 Å². The van der Waals surface area contributed by atoms with Gasteiger partial charge in [0.15, 0.2) is 0 Å². The summed E-state index contributed by atoms with van der Waals surface area (Å²) in [5.74, 6) is 1.26. The molecule has 2 aromatic carbocycles. The number of benzene rings is 2. The number of hydrogen-bond donors (Lipinski definition) is 1. The molecule has 2 saturated carbocycles. The van der Waals surface area contributed by atoms with Crippen LogP contribution in [0.5, 0.6) is 0 Å². The zero-order valence-corrected chi connectivity index (χ0v) is 24.5. The van der Waals surface area contributed by atoms with Crippen LogP contribution in [0, 0.1) is 17.8 Å². The van der Waals surface area contributed by atoms with Crippen LogP contribution in [0.15, 0.2) is 71.6 Å². The summed E-state index contributed by atoms with van der Waals surface area (Å²) in [6.07, 6.45) is 10.3. The van der Waals surface area contributed by atoms with Crippen LogP contribution in [0.1, 0.15) is 45.4 Å². The predicted molar refractivity (Wildman–Crippen MR) is 136 cm³/mol. The van der Waals surface area contributed by atoms with Gasteiger partial charge in [-0.05, 0) is 91.9 Å². The van der Waals surface area contributed by atoms with Crippen LogP contribution in [0.4, 0.5) is 0 Å². The monoisotopic (exact) mass is 523 g/mol. The van der Waals surface area contributed by atoms with Crippen molar-refractivity contribution in [3.05, 3.63) is 66.7 Å². The van der Waals surface area contributed by atoms with Gasteiger partial charge in [-0.3, -0.25) is 0 Å². The van der Waals surface area contributed by atoms with Crippen molar-refractivity contribution in [2.24, 2.45) is 17.8 Å². The number of nitrogens with one attached hydrogen (secondary N) is 1. The van der Waals surface area contributed by atoms with E-state index in [1.807, 2.05) is 42.5 Å². The summed E-state index contributed by atoms with van der Waals surface area (Å²) in [7, 11) is -6.79. The van der Waals surface area contributed by atoms with E-state index in [0.717, 1.165) is 36.8 Å². The third-order valence-corrected chi connectivity index (χ3v) is 11.0. The summed E-state index contributed by atoms with van der Waals surface area (Å²) in [6, 6.07) is 17.0. The van der Waals surface area contributed by atoms with E-state index in [2.05, 4.69) is 16.9 Å². The Bertz CT molecular complexity index is 1140. The minimum atomic E-state index is -3.60. The average molecular weight is 524 g/mol. The van der Waals surface area contributed by atoms with Gasteiger partial charge in [0.2, 0.25) is 10.0 Å². The van der Waals surface area contributed by atoms with Crippen molar-refractivity contribution in [2.75, 3.05) is 12.3 Å². The number of rotatable bonds is 11. The van der Waals surface area contributed by atoms with Gasteiger partial charge in [-0.2, -0.15) is 0 Å². The van der Waals surface area contributed by atoms with Crippen LogP contribution in [0.3, 0.4) is 0 Å². The van der Waals surface area contributed by atoms with Crippen molar-refractivity contribution in [3.8, 4) is 11.1 Å². The molecular formula is C27H35NNaO4PS. The summed E-state index contributed by atoms with van der Waals surface area (Å²) >= 11 is 0. The molecule has 0 spiro atoms. The first-order valence-corrected chi connectivity index (χ1v) is 15.9. The van der Waals surface area contributed by atoms with E-state index < -0.39 is 17.4 Å². The summed E-state index contributed by atoms with van der Waals surface area (Å²) < 4.78 is 41.1. The number of sulfonamides is 1. The van der Waals surface area contributed by atoms with Gasteiger partial charge in [-0.25, -0.2) is 13.1 Å². The fourth-order valence-corrected chi connectivity index (χ4v) is 7.95. The molecule has 2 aromatic rings. The Morgan fingerprint density at radius 3 is 2.34 bits per heavy atom. The first kappa shape index (κ1) is 28.8. The molecule has 0 radical (unpaired) electrons. The second-order valence-corrected chi connectivity index (χ2v) is 14.2.